The molecule has 19 heavy (non-hydrogen) atoms. The predicted octanol–water partition coefficient (Wildman–Crippen LogP) is 1.56. The highest BCUT2D eigenvalue weighted by Crippen LogP contribution is 2.27. The molecule has 1 atom stereocenters. The van der Waals surface area contributed by atoms with Gasteiger partial charge in [0, 0.05) is 13.2 Å². The van der Waals surface area contributed by atoms with Crippen molar-refractivity contribution in [3.05, 3.63) is 53.9 Å². The Bertz CT molecular complexity index is 522. The van der Waals surface area contributed by atoms with Crippen LogP contribution in [0.1, 0.15) is 17.4 Å². The van der Waals surface area contributed by atoms with Crippen LogP contribution in [-0.2, 0) is 11.8 Å². The third-order valence-corrected chi connectivity index (χ3v) is 2.89. The Balaban J connectivity index is 2.27. The summed E-state index contributed by atoms with van der Waals surface area (Å²) >= 11 is 2.73. The SMILES string of the molecule is Cn1nccc1C(OCC(O)(O)Br)c1ccccc1. The lowest BCUT2D eigenvalue weighted by atomic mass is 10.1. The summed E-state index contributed by atoms with van der Waals surface area (Å²) < 4.78 is 5.26. The molecule has 0 amide bonds. The first-order chi connectivity index (χ1) is 8.97. The van der Waals surface area contributed by atoms with E-state index in [0.717, 1.165) is 11.3 Å². The Morgan fingerprint density at radius 2 is 2.00 bits per heavy atom. The van der Waals surface area contributed by atoms with E-state index in [0.29, 0.717) is 0 Å². The van der Waals surface area contributed by atoms with Gasteiger partial charge in [-0.05, 0) is 27.6 Å². The monoisotopic (exact) mass is 326 g/mol. The van der Waals surface area contributed by atoms with Gasteiger partial charge in [0.15, 0.2) is 0 Å². The summed E-state index contributed by atoms with van der Waals surface area (Å²) in [5.74, 6) is 0. The zero-order chi connectivity index (χ0) is 13.9. The molecular weight excluding hydrogens is 312 g/mol. The van der Waals surface area contributed by atoms with Crippen LogP contribution < -0.4 is 0 Å². The smallest absolute Gasteiger partial charge is 0.245 e. The summed E-state index contributed by atoms with van der Waals surface area (Å²) in [6.07, 6.45) is 1.26. The molecule has 0 fully saturated rings. The fraction of sp³-hybridized carbons (Fsp3) is 0.308. The second kappa shape index (κ2) is 5.83. The van der Waals surface area contributed by atoms with Gasteiger partial charge in [0.05, 0.1) is 5.69 Å². The number of aliphatic hydroxyl groups is 2. The molecule has 6 heteroatoms. The average Bonchev–Trinajstić information content (AvgIpc) is 2.76. The second-order valence-electron chi connectivity index (χ2n) is 4.20. The molecule has 0 aliphatic carbocycles. The molecule has 1 aromatic heterocycles. The summed E-state index contributed by atoms with van der Waals surface area (Å²) in [6, 6.07) is 11.4. The van der Waals surface area contributed by atoms with E-state index in [1.807, 2.05) is 43.4 Å². The van der Waals surface area contributed by atoms with Crippen LogP contribution in [-0.4, -0.2) is 31.3 Å². The first kappa shape index (κ1) is 14.2. The third-order valence-electron chi connectivity index (χ3n) is 2.66. The van der Waals surface area contributed by atoms with E-state index < -0.39 is 10.8 Å². The minimum atomic E-state index is -2.04. The standard InChI is InChI=1S/C13H15BrN2O3/c1-16-11(7-8-15-16)12(19-9-13(14,17)18)10-5-3-2-4-6-10/h2-8,12,17-18H,9H2,1H3. The van der Waals surface area contributed by atoms with Crippen LogP contribution in [0, 0.1) is 0 Å². The number of hydrogen-bond acceptors (Lipinski definition) is 4. The number of rotatable bonds is 5. The molecule has 1 heterocycles. The van der Waals surface area contributed by atoms with Crippen molar-refractivity contribution in [2.24, 2.45) is 7.05 Å². The van der Waals surface area contributed by atoms with Crippen molar-refractivity contribution in [2.75, 3.05) is 6.61 Å². The van der Waals surface area contributed by atoms with Crippen molar-refractivity contribution < 1.29 is 14.9 Å². The van der Waals surface area contributed by atoms with Crippen molar-refractivity contribution in [3.8, 4) is 0 Å². The van der Waals surface area contributed by atoms with E-state index in [9.17, 15) is 10.2 Å². The molecule has 2 rings (SSSR count). The zero-order valence-electron chi connectivity index (χ0n) is 10.4. The van der Waals surface area contributed by atoms with Gasteiger partial charge in [0.1, 0.15) is 12.7 Å². The summed E-state index contributed by atoms with van der Waals surface area (Å²) in [4.78, 5) is 0. The zero-order valence-corrected chi connectivity index (χ0v) is 12.0. The molecule has 0 spiro atoms. The Morgan fingerprint density at radius 3 is 2.53 bits per heavy atom. The average molecular weight is 327 g/mol. The van der Waals surface area contributed by atoms with Crippen LogP contribution in [0.4, 0.5) is 0 Å². The molecule has 0 saturated heterocycles. The van der Waals surface area contributed by atoms with E-state index in [1.165, 1.54) is 0 Å². The van der Waals surface area contributed by atoms with Crippen molar-refractivity contribution in [1.82, 2.24) is 9.78 Å². The number of aryl methyl sites for hydroxylation is 1. The van der Waals surface area contributed by atoms with Gasteiger partial charge in [-0.15, -0.1) is 0 Å². The van der Waals surface area contributed by atoms with Crippen molar-refractivity contribution in [1.29, 1.82) is 0 Å². The van der Waals surface area contributed by atoms with Gasteiger partial charge >= 0.3 is 0 Å². The number of hydrogen-bond donors (Lipinski definition) is 2. The minimum Gasteiger partial charge on any atom is -0.361 e. The van der Waals surface area contributed by atoms with Crippen LogP contribution in [0.15, 0.2) is 42.6 Å². The number of benzene rings is 1. The summed E-state index contributed by atoms with van der Waals surface area (Å²) in [5, 5.41) is 22.7. The highest BCUT2D eigenvalue weighted by Gasteiger charge is 2.24. The number of aromatic nitrogens is 2. The van der Waals surface area contributed by atoms with Gasteiger partial charge in [-0.25, -0.2) is 0 Å². The molecule has 1 unspecified atom stereocenters. The molecule has 5 nitrogen and oxygen atoms in total. The lowest BCUT2D eigenvalue weighted by Crippen LogP contribution is -2.28. The van der Waals surface area contributed by atoms with Crippen LogP contribution in [0.3, 0.4) is 0 Å². The maximum atomic E-state index is 9.31. The summed E-state index contributed by atoms with van der Waals surface area (Å²) in [7, 11) is 1.81. The predicted molar refractivity (Wildman–Crippen MR) is 73.5 cm³/mol. The number of alkyl halides is 1. The van der Waals surface area contributed by atoms with Gasteiger partial charge in [0.2, 0.25) is 4.70 Å². The lowest BCUT2D eigenvalue weighted by Gasteiger charge is -2.22. The molecule has 102 valence electrons. The van der Waals surface area contributed by atoms with E-state index in [1.54, 1.807) is 10.9 Å². The fourth-order valence-corrected chi connectivity index (χ4v) is 1.94. The fourth-order valence-electron chi connectivity index (χ4n) is 1.81. The largest absolute Gasteiger partial charge is 0.361 e. The van der Waals surface area contributed by atoms with Crippen LogP contribution in [0.2, 0.25) is 0 Å². The van der Waals surface area contributed by atoms with E-state index in [-0.39, 0.29) is 6.61 Å². The summed E-state index contributed by atoms with van der Waals surface area (Å²) in [6.45, 7) is -0.266. The Morgan fingerprint density at radius 1 is 1.32 bits per heavy atom. The number of ether oxygens (including phenoxy) is 1. The highest BCUT2D eigenvalue weighted by atomic mass is 79.9. The molecule has 0 radical (unpaired) electrons. The van der Waals surface area contributed by atoms with Gasteiger partial charge < -0.3 is 14.9 Å². The van der Waals surface area contributed by atoms with E-state index >= 15 is 0 Å². The highest BCUT2D eigenvalue weighted by molar-refractivity contribution is 9.09. The Labute approximate surface area is 119 Å². The van der Waals surface area contributed by atoms with E-state index in [2.05, 4.69) is 21.0 Å². The van der Waals surface area contributed by atoms with Crippen molar-refractivity contribution in [3.63, 3.8) is 0 Å². The van der Waals surface area contributed by atoms with Crippen LogP contribution in [0.5, 0.6) is 0 Å². The van der Waals surface area contributed by atoms with E-state index in [4.69, 9.17) is 4.74 Å². The molecule has 2 N–H and O–H groups in total. The maximum absolute atomic E-state index is 9.31. The number of nitrogens with zero attached hydrogens (tertiary/aromatic N) is 2. The van der Waals surface area contributed by atoms with Gasteiger partial charge in [0.25, 0.3) is 0 Å². The van der Waals surface area contributed by atoms with Gasteiger partial charge in [-0.3, -0.25) is 4.68 Å². The molecular formula is C13H15BrN2O3. The molecule has 2 aromatic rings. The maximum Gasteiger partial charge on any atom is 0.245 e. The van der Waals surface area contributed by atoms with Crippen LogP contribution >= 0.6 is 15.9 Å². The second-order valence-corrected chi connectivity index (χ2v) is 5.47. The molecule has 0 bridgehead atoms. The Kier molecular flexibility index (Phi) is 4.36. The Hall–Kier alpha value is -1.21. The third kappa shape index (κ3) is 3.87. The number of halogens is 1. The lowest BCUT2D eigenvalue weighted by molar-refractivity contribution is -0.130. The first-order valence-electron chi connectivity index (χ1n) is 5.75. The van der Waals surface area contributed by atoms with Gasteiger partial charge in [-0.2, -0.15) is 5.10 Å². The first-order valence-corrected chi connectivity index (χ1v) is 6.55. The topological polar surface area (TPSA) is 67.5 Å². The molecule has 0 aliphatic rings. The van der Waals surface area contributed by atoms with Gasteiger partial charge in [-0.1, -0.05) is 30.3 Å². The summed E-state index contributed by atoms with van der Waals surface area (Å²) in [5.41, 5.74) is 1.76. The van der Waals surface area contributed by atoms with Crippen LogP contribution in [0.25, 0.3) is 0 Å². The molecule has 1 aromatic carbocycles. The van der Waals surface area contributed by atoms with Crippen molar-refractivity contribution in [2.45, 2.75) is 10.8 Å². The minimum absolute atomic E-state index is 0.266. The quantitative estimate of drug-likeness (QED) is 0.646. The van der Waals surface area contributed by atoms with Crippen molar-refractivity contribution >= 4 is 15.9 Å². The molecule has 0 saturated carbocycles. The molecule has 0 aliphatic heterocycles. The normalized spacial score (nSPS) is 13.5.